The number of carbonyl (C=O) groups excluding carboxylic acids is 1. The van der Waals surface area contributed by atoms with Crippen LogP contribution in [0.3, 0.4) is 0 Å². The first-order valence-corrected chi connectivity index (χ1v) is 11.8. The molecular formula is C25H32N2O4. The van der Waals surface area contributed by atoms with E-state index in [1.807, 2.05) is 18.1 Å². The number of nitrogens with zero attached hydrogens (tertiary/aromatic N) is 2. The number of methoxy groups -OCH3 is 1. The second kappa shape index (κ2) is 9.03. The van der Waals surface area contributed by atoms with Gasteiger partial charge in [-0.05, 0) is 55.7 Å². The van der Waals surface area contributed by atoms with Crippen molar-refractivity contribution in [1.82, 2.24) is 10.1 Å². The Labute approximate surface area is 183 Å². The zero-order valence-electron chi connectivity index (χ0n) is 18.4. The highest BCUT2D eigenvalue weighted by atomic mass is 16.5. The molecule has 166 valence electrons. The van der Waals surface area contributed by atoms with Gasteiger partial charge in [0.2, 0.25) is 0 Å². The number of rotatable bonds is 4. The van der Waals surface area contributed by atoms with E-state index in [4.69, 9.17) is 14.0 Å². The molecule has 0 radical (unpaired) electrons. The van der Waals surface area contributed by atoms with Crippen LogP contribution in [0.15, 0.2) is 22.7 Å². The first-order valence-electron chi connectivity index (χ1n) is 11.8. The summed E-state index contributed by atoms with van der Waals surface area (Å²) in [5.74, 6) is 2.26. The number of aryl methyl sites for hydroxylation is 1. The first kappa shape index (κ1) is 20.6. The third-order valence-corrected chi connectivity index (χ3v) is 7.16. The summed E-state index contributed by atoms with van der Waals surface area (Å²) in [5, 5.41) is 4.15. The Bertz CT molecular complexity index is 932. The minimum atomic E-state index is -0.0516. The van der Waals surface area contributed by atoms with Crippen LogP contribution in [0.5, 0.6) is 5.75 Å². The Morgan fingerprint density at radius 3 is 2.84 bits per heavy atom. The van der Waals surface area contributed by atoms with Gasteiger partial charge in [0.15, 0.2) is 5.69 Å². The van der Waals surface area contributed by atoms with Crippen molar-refractivity contribution in [1.29, 1.82) is 0 Å². The molecule has 1 amide bonds. The molecular weight excluding hydrogens is 392 g/mol. The molecule has 1 aromatic carbocycles. The molecule has 6 heteroatoms. The van der Waals surface area contributed by atoms with Crippen LogP contribution in [0, 0.1) is 5.92 Å². The average Bonchev–Trinajstić information content (AvgIpc) is 3.12. The fraction of sp³-hybridized carbons (Fsp3) is 0.600. The summed E-state index contributed by atoms with van der Waals surface area (Å²) in [6.07, 6.45) is 10.4. The largest absolute Gasteiger partial charge is 0.491 e. The van der Waals surface area contributed by atoms with Crippen molar-refractivity contribution in [2.24, 2.45) is 5.92 Å². The van der Waals surface area contributed by atoms with Gasteiger partial charge in [-0.15, -0.1) is 0 Å². The van der Waals surface area contributed by atoms with Crippen LogP contribution in [0.2, 0.25) is 0 Å². The van der Waals surface area contributed by atoms with Crippen LogP contribution in [0.25, 0.3) is 0 Å². The monoisotopic (exact) mass is 424 g/mol. The highest BCUT2D eigenvalue weighted by Crippen LogP contribution is 2.38. The van der Waals surface area contributed by atoms with Gasteiger partial charge < -0.3 is 18.9 Å². The van der Waals surface area contributed by atoms with Crippen molar-refractivity contribution < 1.29 is 18.8 Å². The number of hydrogen-bond donors (Lipinski definition) is 0. The highest BCUT2D eigenvalue weighted by Gasteiger charge is 2.30. The molecule has 31 heavy (non-hydrogen) atoms. The molecule has 1 aromatic heterocycles. The smallest absolute Gasteiger partial charge is 0.276 e. The standard InChI is InChI=1S/C25H32N2O4/c1-29-24(17-7-3-2-4-8-17)18-11-12-21-19(15-18)16-27(13-14-30-21)25(28)23-20-9-5-6-10-22(20)31-26-23/h11-12,15,17,24H,2-10,13-14,16H2,1H3. The third kappa shape index (κ3) is 4.10. The molecule has 2 aromatic rings. The number of carbonyl (C=O) groups is 1. The molecule has 0 N–H and O–H groups in total. The van der Waals surface area contributed by atoms with Gasteiger partial charge in [0.25, 0.3) is 5.91 Å². The minimum Gasteiger partial charge on any atom is -0.491 e. The van der Waals surface area contributed by atoms with Gasteiger partial charge >= 0.3 is 0 Å². The quantitative estimate of drug-likeness (QED) is 0.702. The maximum Gasteiger partial charge on any atom is 0.276 e. The number of benzene rings is 1. The fourth-order valence-electron chi connectivity index (χ4n) is 5.50. The molecule has 1 saturated carbocycles. The molecule has 1 unspecified atom stereocenters. The Balaban J connectivity index is 1.39. The van der Waals surface area contributed by atoms with Crippen LogP contribution >= 0.6 is 0 Å². The van der Waals surface area contributed by atoms with E-state index in [9.17, 15) is 4.79 Å². The average molecular weight is 425 g/mol. The van der Waals surface area contributed by atoms with E-state index in [-0.39, 0.29) is 12.0 Å². The number of hydrogen-bond acceptors (Lipinski definition) is 5. The lowest BCUT2D eigenvalue weighted by molar-refractivity contribution is 0.0353. The van der Waals surface area contributed by atoms with E-state index >= 15 is 0 Å². The van der Waals surface area contributed by atoms with Gasteiger partial charge in [-0.3, -0.25) is 4.79 Å². The number of ether oxygens (including phenoxy) is 2. The molecule has 3 aliphatic rings. The van der Waals surface area contributed by atoms with Crippen molar-refractivity contribution in [2.75, 3.05) is 20.3 Å². The van der Waals surface area contributed by atoms with E-state index < -0.39 is 0 Å². The first-order chi connectivity index (χ1) is 15.2. The Kier molecular flexibility index (Phi) is 5.99. The summed E-state index contributed by atoms with van der Waals surface area (Å²) in [5.41, 5.74) is 3.72. The highest BCUT2D eigenvalue weighted by molar-refractivity contribution is 5.94. The molecule has 1 fully saturated rings. The molecule has 1 atom stereocenters. The summed E-state index contributed by atoms with van der Waals surface area (Å²) >= 11 is 0. The Morgan fingerprint density at radius 2 is 2.00 bits per heavy atom. The molecule has 1 aliphatic heterocycles. The zero-order valence-corrected chi connectivity index (χ0v) is 18.4. The number of aromatic nitrogens is 1. The maximum atomic E-state index is 13.3. The van der Waals surface area contributed by atoms with Crippen molar-refractivity contribution in [2.45, 2.75) is 70.4 Å². The Morgan fingerprint density at radius 1 is 1.16 bits per heavy atom. The van der Waals surface area contributed by atoms with Gasteiger partial charge in [0, 0.05) is 31.2 Å². The van der Waals surface area contributed by atoms with Crippen LogP contribution in [0.1, 0.15) is 84.0 Å². The van der Waals surface area contributed by atoms with Crippen LogP contribution < -0.4 is 4.74 Å². The molecule has 5 rings (SSSR count). The minimum absolute atomic E-state index is 0.0516. The van der Waals surface area contributed by atoms with E-state index in [1.165, 1.54) is 37.7 Å². The van der Waals surface area contributed by atoms with Gasteiger partial charge in [0.1, 0.15) is 18.1 Å². The maximum absolute atomic E-state index is 13.3. The van der Waals surface area contributed by atoms with E-state index in [2.05, 4.69) is 17.3 Å². The van der Waals surface area contributed by atoms with Gasteiger partial charge in [-0.1, -0.05) is 30.5 Å². The molecule has 0 bridgehead atoms. The third-order valence-electron chi connectivity index (χ3n) is 7.16. The van der Waals surface area contributed by atoms with Crippen molar-refractivity contribution in [3.05, 3.63) is 46.3 Å². The molecule has 2 heterocycles. The molecule has 0 saturated heterocycles. The van der Waals surface area contributed by atoms with Gasteiger partial charge in [-0.2, -0.15) is 0 Å². The lowest BCUT2D eigenvalue weighted by atomic mass is 9.82. The summed E-state index contributed by atoms with van der Waals surface area (Å²) in [6, 6.07) is 6.36. The van der Waals surface area contributed by atoms with Gasteiger partial charge in [-0.25, -0.2) is 0 Å². The van der Waals surface area contributed by atoms with Crippen molar-refractivity contribution in [3.8, 4) is 5.75 Å². The van der Waals surface area contributed by atoms with Crippen LogP contribution in [-0.4, -0.2) is 36.2 Å². The lowest BCUT2D eigenvalue weighted by Crippen LogP contribution is -2.33. The summed E-state index contributed by atoms with van der Waals surface area (Å²) < 4.78 is 17.4. The van der Waals surface area contributed by atoms with Gasteiger partial charge in [0.05, 0.1) is 12.6 Å². The molecule has 6 nitrogen and oxygen atoms in total. The van der Waals surface area contributed by atoms with Crippen LogP contribution in [-0.2, 0) is 24.1 Å². The Hall–Kier alpha value is -2.34. The summed E-state index contributed by atoms with van der Waals surface area (Å²) in [4.78, 5) is 15.2. The van der Waals surface area contributed by atoms with Crippen molar-refractivity contribution in [3.63, 3.8) is 0 Å². The van der Waals surface area contributed by atoms with E-state index in [1.54, 1.807) is 0 Å². The summed E-state index contributed by atoms with van der Waals surface area (Å²) in [7, 11) is 1.81. The second-order valence-electron chi connectivity index (χ2n) is 9.14. The molecule has 2 aliphatic carbocycles. The fourth-order valence-corrected chi connectivity index (χ4v) is 5.50. The van der Waals surface area contributed by atoms with E-state index in [0.717, 1.165) is 48.3 Å². The predicted molar refractivity (Wildman–Crippen MR) is 116 cm³/mol. The number of fused-ring (bicyclic) bond motifs is 2. The molecule has 0 spiro atoms. The zero-order chi connectivity index (χ0) is 21.2. The lowest BCUT2D eigenvalue weighted by Gasteiger charge is -2.30. The normalized spacial score (nSPS) is 20.4. The summed E-state index contributed by atoms with van der Waals surface area (Å²) in [6.45, 7) is 1.54. The van der Waals surface area contributed by atoms with E-state index in [0.29, 0.717) is 31.3 Å². The SMILES string of the molecule is COC(c1ccc2c(c1)CN(C(=O)c1noc3c1CCCC3)CCO2)C1CCCCC1. The van der Waals surface area contributed by atoms with Crippen LogP contribution in [0.4, 0.5) is 0 Å². The topological polar surface area (TPSA) is 64.8 Å². The number of amides is 1. The van der Waals surface area contributed by atoms with Crippen molar-refractivity contribution >= 4 is 5.91 Å². The predicted octanol–water partition coefficient (Wildman–Crippen LogP) is 4.86. The second-order valence-corrected chi connectivity index (χ2v) is 9.14.